The molecule has 15 heteroatoms. The number of likely N-dealkylation sites (N-methyl/N-ethyl adjacent to an activating group) is 1. The average molecular weight is 629 g/mol. The highest BCUT2D eigenvalue weighted by Crippen LogP contribution is 2.34. The van der Waals surface area contributed by atoms with Gasteiger partial charge in [0.1, 0.15) is 11.9 Å². The van der Waals surface area contributed by atoms with Crippen LogP contribution in [0.25, 0.3) is 0 Å². The van der Waals surface area contributed by atoms with E-state index in [-0.39, 0.29) is 49.8 Å². The molecule has 2 aromatic carbocycles. The second kappa shape index (κ2) is 12.7. The molecular formula is C29H36N6O8S. The number of fused-ring (bicyclic) bond motifs is 2. The summed E-state index contributed by atoms with van der Waals surface area (Å²) in [6.45, 7) is 3.71. The number of imidazole rings is 1. The number of rotatable bonds is 8. The summed E-state index contributed by atoms with van der Waals surface area (Å²) in [5.74, 6) is 0.959. The number of ether oxygens (including phenoxy) is 3. The van der Waals surface area contributed by atoms with Crippen LogP contribution in [0, 0.1) is 5.92 Å². The van der Waals surface area contributed by atoms with Crippen molar-refractivity contribution < 1.29 is 37.3 Å². The van der Waals surface area contributed by atoms with Crippen LogP contribution in [0.3, 0.4) is 0 Å². The Hall–Kier alpha value is -4.34. The molecule has 1 aromatic heterocycles. The van der Waals surface area contributed by atoms with E-state index >= 15 is 0 Å². The number of aliphatic hydroxyl groups is 1. The molecule has 0 aliphatic carbocycles. The number of carbonyl (C=O) groups is 2. The van der Waals surface area contributed by atoms with Crippen molar-refractivity contribution in [2.24, 2.45) is 13.0 Å². The smallest absolute Gasteiger partial charge is 0.323 e. The van der Waals surface area contributed by atoms with Crippen LogP contribution < -0.4 is 24.8 Å². The second-order valence-electron chi connectivity index (χ2n) is 11.0. The van der Waals surface area contributed by atoms with Crippen LogP contribution in [-0.2, 0) is 28.3 Å². The van der Waals surface area contributed by atoms with Gasteiger partial charge in [0.25, 0.3) is 10.0 Å². The molecule has 236 valence electrons. The molecule has 3 amide bonds. The number of sulfonamides is 1. The third-order valence-corrected chi connectivity index (χ3v) is 9.31. The van der Waals surface area contributed by atoms with Gasteiger partial charge in [-0.15, -0.1) is 0 Å². The number of urea groups is 1. The van der Waals surface area contributed by atoms with Crippen LogP contribution >= 0.6 is 0 Å². The molecule has 3 atom stereocenters. The number of aromatic nitrogens is 2. The fourth-order valence-corrected chi connectivity index (χ4v) is 6.17. The molecule has 0 spiro atoms. The number of amides is 3. The summed E-state index contributed by atoms with van der Waals surface area (Å²) in [4.78, 5) is 31.9. The molecule has 3 N–H and O–H groups in total. The summed E-state index contributed by atoms with van der Waals surface area (Å²) in [7, 11) is -0.770. The molecule has 0 fully saturated rings. The largest absolute Gasteiger partial charge is 0.488 e. The lowest BCUT2D eigenvalue weighted by Crippen LogP contribution is -2.48. The Morgan fingerprint density at radius 2 is 1.82 bits per heavy atom. The number of carbonyl (C=O) groups excluding carboxylic acids is 2. The number of aryl methyl sites for hydroxylation is 1. The van der Waals surface area contributed by atoms with Crippen molar-refractivity contribution in [3.05, 3.63) is 54.5 Å². The van der Waals surface area contributed by atoms with E-state index in [1.165, 1.54) is 23.9 Å². The minimum absolute atomic E-state index is 0.0208. The van der Waals surface area contributed by atoms with Crippen LogP contribution in [0.15, 0.2) is 53.9 Å². The number of nitrogens with one attached hydrogen (secondary N) is 2. The third kappa shape index (κ3) is 6.74. The topological polar surface area (TPSA) is 165 Å². The summed E-state index contributed by atoms with van der Waals surface area (Å²) in [6.07, 6.45) is 2.12. The first-order valence-electron chi connectivity index (χ1n) is 14.1. The molecular weight excluding hydrogens is 592 g/mol. The highest BCUT2D eigenvalue weighted by Gasteiger charge is 2.34. The van der Waals surface area contributed by atoms with Gasteiger partial charge in [0, 0.05) is 55.8 Å². The standard InChI is InChI=1S/C29H36N6O8S/c1-18-12-35(19(2)15-36)28(37)10-20-9-21(31-29(38)32-22-6-8-24-25(11-22)42-17-41-24)5-7-23(20)43-26(18)13-34(4)44(39,40)27-14-33(3)16-30-27/h5-9,11,14,16,18-19,26,36H,10,12-13,15,17H2,1-4H3,(H2,31,32,38)/t18-,19-,26+/m1/s1. The molecule has 0 bridgehead atoms. The van der Waals surface area contributed by atoms with Gasteiger partial charge in [-0.1, -0.05) is 6.92 Å². The molecule has 2 aliphatic heterocycles. The van der Waals surface area contributed by atoms with Crippen molar-refractivity contribution in [2.75, 3.05) is 44.2 Å². The molecule has 3 heterocycles. The number of nitrogens with zero attached hydrogens (tertiary/aromatic N) is 4. The van der Waals surface area contributed by atoms with E-state index < -0.39 is 28.2 Å². The first kappa shape index (κ1) is 31.1. The highest BCUT2D eigenvalue weighted by atomic mass is 32.2. The second-order valence-corrected chi connectivity index (χ2v) is 13.0. The predicted octanol–water partition coefficient (Wildman–Crippen LogP) is 2.26. The van der Waals surface area contributed by atoms with Crippen LogP contribution in [-0.4, -0.2) is 89.9 Å². The SMILES string of the molecule is C[C@@H]1CN([C@H](C)CO)C(=O)Cc2cc(NC(=O)Nc3ccc4c(c3)OCO4)ccc2O[C@H]1CN(C)S(=O)(=O)c1cn(C)cn1. The van der Waals surface area contributed by atoms with Crippen molar-refractivity contribution in [2.45, 2.75) is 37.4 Å². The van der Waals surface area contributed by atoms with Crippen LogP contribution in [0.2, 0.25) is 0 Å². The van der Waals surface area contributed by atoms with Gasteiger partial charge < -0.3 is 39.4 Å². The van der Waals surface area contributed by atoms with Crippen LogP contribution in [0.4, 0.5) is 16.2 Å². The van der Waals surface area contributed by atoms with Crippen molar-refractivity contribution in [3.63, 3.8) is 0 Å². The van der Waals surface area contributed by atoms with Gasteiger partial charge in [0.05, 0.1) is 31.9 Å². The van der Waals surface area contributed by atoms with Crippen molar-refractivity contribution >= 4 is 33.3 Å². The number of hydrogen-bond donors (Lipinski definition) is 3. The van der Waals surface area contributed by atoms with Gasteiger partial charge in [-0.2, -0.15) is 4.31 Å². The molecule has 0 unspecified atom stereocenters. The fraction of sp³-hybridized carbons (Fsp3) is 0.414. The average Bonchev–Trinajstić information content (AvgIpc) is 3.65. The molecule has 2 aliphatic rings. The molecule has 0 saturated carbocycles. The summed E-state index contributed by atoms with van der Waals surface area (Å²) >= 11 is 0. The zero-order chi connectivity index (χ0) is 31.6. The Kier molecular flexibility index (Phi) is 8.99. The maximum atomic E-state index is 13.5. The Morgan fingerprint density at radius 1 is 1.14 bits per heavy atom. The molecule has 14 nitrogen and oxygen atoms in total. The molecule has 5 rings (SSSR count). The van der Waals surface area contributed by atoms with Crippen molar-refractivity contribution in [3.8, 4) is 17.2 Å². The monoisotopic (exact) mass is 628 g/mol. The predicted molar refractivity (Wildman–Crippen MR) is 160 cm³/mol. The van der Waals surface area contributed by atoms with E-state index in [0.717, 1.165) is 0 Å². The van der Waals surface area contributed by atoms with Gasteiger partial charge in [0.15, 0.2) is 16.5 Å². The lowest BCUT2D eigenvalue weighted by Gasteiger charge is -2.33. The minimum atomic E-state index is -3.91. The maximum Gasteiger partial charge on any atom is 0.323 e. The Balaban J connectivity index is 1.38. The summed E-state index contributed by atoms with van der Waals surface area (Å²) in [6, 6.07) is 9.00. The zero-order valence-corrected chi connectivity index (χ0v) is 25.7. The van der Waals surface area contributed by atoms with E-state index in [2.05, 4.69) is 15.6 Å². The number of anilines is 2. The number of hydrogen-bond acceptors (Lipinski definition) is 9. The summed E-state index contributed by atoms with van der Waals surface area (Å²) in [5.41, 5.74) is 1.42. The van der Waals surface area contributed by atoms with E-state index in [1.807, 2.05) is 6.92 Å². The summed E-state index contributed by atoms with van der Waals surface area (Å²) in [5, 5.41) is 15.3. The number of benzene rings is 2. The third-order valence-electron chi connectivity index (χ3n) is 7.60. The lowest BCUT2D eigenvalue weighted by atomic mass is 10.0. The minimum Gasteiger partial charge on any atom is -0.488 e. The Labute approximate surface area is 255 Å². The van der Waals surface area contributed by atoms with E-state index in [4.69, 9.17) is 14.2 Å². The summed E-state index contributed by atoms with van der Waals surface area (Å²) < 4.78 is 46.3. The van der Waals surface area contributed by atoms with Gasteiger partial charge in [-0.3, -0.25) is 4.79 Å². The maximum absolute atomic E-state index is 13.5. The molecule has 0 radical (unpaired) electrons. The molecule has 44 heavy (non-hydrogen) atoms. The Morgan fingerprint density at radius 3 is 2.50 bits per heavy atom. The molecule has 0 saturated heterocycles. The first-order chi connectivity index (χ1) is 20.9. The number of aliphatic hydroxyl groups excluding tert-OH is 1. The van der Waals surface area contributed by atoms with Gasteiger partial charge in [-0.25, -0.2) is 18.2 Å². The van der Waals surface area contributed by atoms with Crippen molar-refractivity contribution in [1.29, 1.82) is 0 Å². The quantitative estimate of drug-likeness (QED) is 0.339. The Bertz CT molecular complexity index is 1640. The van der Waals surface area contributed by atoms with E-state index in [1.54, 1.807) is 59.8 Å². The van der Waals surface area contributed by atoms with Gasteiger partial charge >= 0.3 is 6.03 Å². The normalized spacial score (nSPS) is 19.0. The van der Waals surface area contributed by atoms with Crippen LogP contribution in [0.1, 0.15) is 19.4 Å². The zero-order valence-electron chi connectivity index (χ0n) is 24.9. The fourth-order valence-electron chi connectivity index (χ4n) is 5.03. The van der Waals surface area contributed by atoms with Crippen molar-refractivity contribution in [1.82, 2.24) is 18.8 Å². The lowest BCUT2D eigenvalue weighted by molar-refractivity contribution is -0.134. The molecule has 3 aromatic rings. The van der Waals surface area contributed by atoms with Crippen LogP contribution in [0.5, 0.6) is 17.2 Å². The van der Waals surface area contributed by atoms with E-state index in [9.17, 15) is 23.1 Å². The van der Waals surface area contributed by atoms with Gasteiger partial charge in [0.2, 0.25) is 12.7 Å². The van der Waals surface area contributed by atoms with Gasteiger partial charge in [-0.05, 0) is 37.3 Å². The van der Waals surface area contributed by atoms with E-state index in [0.29, 0.717) is 34.2 Å². The highest BCUT2D eigenvalue weighted by molar-refractivity contribution is 7.89. The first-order valence-corrected chi connectivity index (χ1v) is 15.5.